The topological polar surface area (TPSA) is 45.0 Å². The van der Waals surface area contributed by atoms with Gasteiger partial charge in [-0.25, -0.2) is 4.39 Å². The van der Waals surface area contributed by atoms with Gasteiger partial charge < -0.3 is 10.1 Å². The van der Waals surface area contributed by atoms with Crippen LogP contribution < -0.4 is 5.32 Å². The molecule has 18 heavy (non-hydrogen) atoms. The summed E-state index contributed by atoms with van der Waals surface area (Å²) in [5.74, 6) is -0.128. The van der Waals surface area contributed by atoms with Crippen molar-refractivity contribution in [3.05, 3.63) is 29.6 Å². The molecule has 1 N–H and O–H groups in total. The molecule has 0 aromatic heterocycles. The maximum absolute atomic E-state index is 13.5. The van der Waals surface area contributed by atoms with Crippen molar-refractivity contribution in [2.45, 2.75) is 26.8 Å². The van der Waals surface area contributed by atoms with Crippen molar-refractivity contribution in [3.63, 3.8) is 0 Å². The first-order chi connectivity index (χ1) is 8.58. The lowest BCUT2D eigenvalue weighted by atomic mass is 10.0. The first-order valence-corrected chi connectivity index (χ1v) is 6.12. The van der Waals surface area contributed by atoms with Gasteiger partial charge in [0.25, 0.3) is 0 Å². The largest absolute Gasteiger partial charge is 0.380 e. The Bertz CT molecular complexity index is 426. The molecule has 1 aromatic rings. The van der Waals surface area contributed by atoms with Gasteiger partial charge in [-0.2, -0.15) is 5.26 Å². The zero-order valence-corrected chi connectivity index (χ0v) is 11.0. The Kier molecular flexibility index (Phi) is 5.60. The number of halogens is 1. The lowest BCUT2D eigenvalue weighted by Crippen LogP contribution is -2.31. The summed E-state index contributed by atoms with van der Waals surface area (Å²) in [6.07, 6.45) is 0. The zero-order chi connectivity index (χ0) is 13.5. The van der Waals surface area contributed by atoms with Crippen molar-refractivity contribution >= 4 is 5.69 Å². The standard InChI is InChI=1S/C14H19FN2O/c1-4-18-9-14(10(2)3)17-12-6-5-11(8-16)13(15)7-12/h5-7,10,14,17H,4,9H2,1-3H3. The van der Waals surface area contributed by atoms with Crippen molar-refractivity contribution in [2.75, 3.05) is 18.5 Å². The van der Waals surface area contributed by atoms with E-state index < -0.39 is 5.82 Å². The summed E-state index contributed by atoms with van der Waals surface area (Å²) < 4.78 is 18.9. The highest BCUT2D eigenvalue weighted by atomic mass is 19.1. The molecule has 0 bridgehead atoms. The third-order valence-electron chi connectivity index (χ3n) is 2.75. The van der Waals surface area contributed by atoms with Gasteiger partial charge >= 0.3 is 0 Å². The van der Waals surface area contributed by atoms with Crippen LogP contribution >= 0.6 is 0 Å². The third-order valence-corrected chi connectivity index (χ3v) is 2.75. The van der Waals surface area contributed by atoms with Crippen LogP contribution in [-0.2, 0) is 4.74 Å². The predicted octanol–water partition coefficient (Wildman–Crippen LogP) is 3.17. The highest BCUT2D eigenvalue weighted by molar-refractivity contribution is 5.48. The fraction of sp³-hybridized carbons (Fsp3) is 0.500. The smallest absolute Gasteiger partial charge is 0.143 e. The quantitative estimate of drug-likeness (QED) is 0.843. The fourth-order valence-electron chi connectivity index (χ4n) is 1.56. The highest BCUT2D eigenvalue weighted by Crippen LogP contribution is 2.17. The Morgan fingerprint density at radius 3 is 2.67 bits per heavy atom. The van der Waals surface area contributed by atoms with Gasteiger partial charge in [-0.1, -0.05) is 13.8 Å². The summed E-state index contributed by atoms with van der Waals surface area (Å²) in [5, 5.41) is 11.9. The van der Waals surface area contributed by atoms with Gasteiger partial charge in [-0.3, -0.25) is 0 Å². The van der Waals surface area contributed by atoms with Crippen LogP contribution in [0.2, 0.25) is 0 Å². The van der Waals surface area contributed by atoms with Gasteiger partial charge in [0.1, 0.15) is 11.9 Å². The first-order valence-electron chi connectivity index (χ1n) is 6.12. The van der Waals surface area contributed by atoms with E-state index in [4.69, 9.17) is 10.00 Å². The van der Waals surface area contributed by atoms with E-state index in [0.29, 0.717) is 24.8 Å². The number of benzene rings is 1. The fourth-order valence-corrected chi connectivity index (χ4v) is 1.56. The zero-order valence-electron chi connectivity index (χ0n) is 11.0. The lowest BCUT2D eigenvalue weighted by Gasteiger charge is -2.23. The van der Waals surface area contributed by atoms with Gasteiger partial charge in [0, 0.05) is 12.3 Å². The van der Waals surface area contributed by atoms with E-state index in [1.165, 1.54) is 12.1 Å². The summed E-state index contributed by atoms with van der Waals surface area (Å²) in [6.45, 7) is 7.34. The molecule has 0 aliphatic carbocycles. The van der Waals surface area contributed by atoms with E-state index in [-0.39, 0.29) is 11.6 Å². The van der Waals surface area contributed by atoms with Gasteiger partial charge in [-0.05, 0) is 31.0 Å². The van der Waals surface area contributed by atoms with Crippen LogP contribution in [0.25, 0.3) is 0 Å². The van der Waals surface area contributed by atoms with E-state index in [1.54, 1.807) is 12.1 Å². The van der Waals surface area contributed by atoms with E-state index in [2.05, 4.69) is 19.2 Å². The molecule has 0 aliphatic rings. The second-order valence-electron chi connectivity index (χ2n) is 4.46. The average Bonchev–Trinajstić information content (AvgIpc) is 2.34. The van der Waals surface area contributed by atoms with Crippen LogP contribution in [0.3, 0.4) is 0 Å². The summed E-state index contributed by atoms with van der Waals surface area (Å²) in [6, 6.07) is 6.47. The van der Waals surface area contributed by atoms with Gasteiger partial charge in [0.15, 0.2) is 0 Å². The van der Waals surface area contributed by atoms with Gasteiger partial charge in [0.05, 0.1) is 18.2 Å². The molecule has 1 aromatic carbocycles. The molecule has 1 unspecified atom stereocenters. The van der Waals surface area contributed by atoms with Crippen LogP contribution in [0.5, 0.6) is 0 Å². The van der Waals surface area contributed by atoms with E-state index >= 15 is 0 Å². The van der Waals surface area contributed by atoms with E-state index in [1.807, 2.05) is 6.92 Å². The molecular formula is C14H19FN2O. The van der Waals surface area contributed by atoms with Crippen LogP contribution in [-0.4, -0.2) is 19.3 Å². The SMILES string of the molecule is CCOCC(Nc1ccc(C#N)c(F)c1)C(C)C. The Balaban J connectivity index is 2.75. The predicted molar refractivity (Wildman–Crippen MR) is 69.9 cm³/mol. The van der Waals surface area contributed by atoms with Crippen molar-refractivity contribution in [2.24, 2.45) is 5.92 Å². The Labute approximate surface area is 108 Å². The minimum Gasteiger partial charge on any atom is -0.380 e. The molecule has 1 atom stereocenters. The normalized spacial score (nSPS) is 12.2. The van der Waals surface area contributed by atoms with Crippen molar-refractivity contribution in [1.29, 1.82) is 5.26 Å². The molecule has 0 saturated carbocycles. The van der Waals surface area contributed by atoms with E-state index in [0.717, 1.165) is 0 Å². The van der Waals surface area contributed by atoms with Crippen LogP contribution in [0.15, 0.2) is 18.2 Å². The molecule has 0 spiro atoms. The number of hydrogen-bond acceptors (Lipinski definition) is 3. The van der Waals surface area contributed by atoms with Crippen molar-refractivity contribution in [3.8, 4) is 6.07 Å². The Morgan fingerprint density at radius 2 is 2.17 bits per heavy atom. The lowest BCUT2D eigenvalue weighted by molar-refractivity contribution is 0.127. The molecule has 1 rings (SSSR count). The van der Waals surface area contributed by atoms with Crippen LogP contribution in [0, 0.1) is 23.1 Å². The molecule has 0 heterocycles. The second kappa shape index (κ2) is 6.97. The van der Waals surface area contributed by atoms with Crippen LogP contribution in [0.4, 0.5) is 10.1 Å². The summed E-state index contributed by atoms with van der Waals surface area (Å²) in [7, 11) is 0. The molecule has 3 nitrogen and oxygen atoms in total. The third kappa shape index (κ3) is 4.01. The first kappa shape index (κ1) is 14.5. The summed E-state index contributed by atoms with van der Waals surface area (Å²) in [5.41, 5.74) is 0.733. The number of nitriles is 1. The highest BCUT2D eigenvalue weighted by Gasteiger charge is 2.14. The number of nitrogens with zero attached hydrogens (tertiary/aromatic N) is 1. The Morgan fingerprint density at radius 1 is 1.44 bits per heavy atom. The minimum atomic E-state index is -0.499. The van der Waals surface area contributed by atoms with E-state index in [9.17, 15) is 4.39 Å². The molecular weight excluding hydrogens is 231 g/mol. The number of nitrogens with one attached hydrogen (secondary N) is 1. The van der Waals surface area contributed by atoms with Gasteiger partial charge in [0.2, 0.25) is 0 Å². The molecule has 98 valence electrons. The van der Waals surface area contributed by atoms with Gasteiger partial charge in [-0.15, -0.1) is 0 Å². The number of anilines is 1. The maximum atomic E-state index is 13.5. The molecule has 0 amide bonds. The monoisotopic (exact) mass is 250 g/mol. The molecule has 0 aliphatic heterocycles. The molecule has 4 heteroatoms. The number of hydrogen-bond donors (Lipinski definition) is 1. The van der Waals surface area contributed by atoms with Crippen molar-refractivity contribution < 1.29 is 9.13 Å². The molecule has 0 saturated heterocycles. The number of rotatable bonds is 6. The summed E-state index contributed by atoms with van der Waals surface area (Å²) >= 11 is 0. The summed E-state index contributed by atoms with van der Waals surface area (Å²) in [4.78, 5) is 0. The molecule has 0 fully saturated rings. The molecule has 0 radical (unpaired) electrons. The maximum Gasteiger partial charge on any atom is 0.143 e. The number of ether oxygens (including phenoxy) is 1. The van der Waals surface area contributed by atoms with Crippen LogP contribution in [0.1, 0.15) is 26.3 Å². The second-order valence-corrected chi connectivity index (χ2v) is 4.46. The Hall–Kier alpha value is -1.60. The average molecular weight is 250 g/mol. The van der Waals surface area contributed by atoms with Crippen molar-refractivity contribution in [1.82, 2.24) is 0 Å². The minimum absolute atomic E-state index is 0.0615.